The Labute approximate surface area is 107 Å². The molecule has 0 atom stereocenters. The van der Waals surface area contributed by atoms with Crippen LogP contribution in [0, 0.1) is 0 Å². The first kappa shape index (κ1) is 12.1. The van der Waals surface area contributed by atoms with E-state index in [1.165, 1.54) is 11.3 Å². The molecule has 0 saturated heterocycles. The van der Waals surface area contributed by atoms with Crippen LogP contribution in [0.5, 0.6) is 0 Å². The van der Waals surface area contributed by atoms with Gasteiger partial charge in [-0.1, -0.05) is 25.4 Å². The number of nitrogens with zero attached hydrogens (tertiary/aromatic N) is 1. The van der Waals surface area contributed by atoms with Crippen molar-refractivity contribution in [1.82, 2.24) is 4.98 Å². The largest absolute Gasteiger partial charge is 0.475 e. The normalized spacial score (nSPS) is 11.1. The van der Waals surface area contributed by atoms with Crippen molar-refractivity contribution in [1.29, 1.82) is 0 Å². The first-order chi connectivity index (χ1) is 7.99. The summed E-state index contributed by atoms with van der Waals surface area (Å²) in [6.45, 7) is 3.74. The number of aromatic carboxylic acids is 1. The van der Waals surface area contributed by atoms with Crippen LogP contribution in [0.3, 0.4) is 0 Å². The van der Waals surface area contributed by atoms with Crippen LogP contribution < -0.4 is 0 Å². The molecule has 0 unspecified atom stereocenters. The van der Waals surface area contributed by atoms with Crippen LogP contribution in [-0.2, 0) is 0 Å². The highest BCUT2D eigenvalue weighted by molar-refractivity contribution is 7.19. The zero-order valence-corrected chi connectivity index (χ0v) is 10.8. The summed E-state index contributed by atoms with van der Waals surface area (Å²) in [6.07, 6.45) is 0. The highest BCUT2D eigenvalue weighted by Gasteiger charge is 2.22. The molecule has 0 spiro atoms. The summed E-state index contributed by atoms with van der Waals surface area (Å²) in [4.78, 5) is 16.0. The van der Waals surface area contributed by atoms with Gasteiger partial charge in [-0.3, -0.25) is 0 Å². The van der Waals surface area contributed by atoms with Crippen LogP contribution in [0.2, 0.25) is 4.34 Å². The maximum absolute atomic E-state index is 11.0. The second-order valence-corrected chi connectivity index (χ2v) is 5.51. The monoisotopic (exact) mass is 271 g/mol. The topological polar surface area (TPSA) is 63.3 Å². The van der Waals surface area contributed by atoms with Crippen molar-refractivity contribution in [3.8, 4) is 10.8 Å². The zero-order valence-electron chi connectivity index (χ0n) is 9.23. The molecule has 0 fully saturated rings. The maximum atomic E-state index is 11.0. The lowest BCUT2D eigenvalue weighted by Gasteiger charge is -1.98. The van der Waals surface area contributed by atoms with E-state index >= 15 is 0 Å². The molecule has 0 aliphatic rings. The molecule has 6 heteroatoms. The van der Waals surface area contributed by atoms with Gasteiger partial charge in [0, 0.05) is 0 Å². The quantitative estimate of drug-likeness (QED) is 0.920. The number of oxazole rings is 1. The van der Waals surface area contributed by atoms with E-state index in [1.807, 2.05) is 13.8 Å². The van der Waals surface area contributed by atoms with Crippen molar-refractivity contribution in [2.75, 3.05) is 0 Å². The van der Waals surface area contributed by atoms with E-state index in [4.69, 9.17) is 21.1 Å². The maximum Gasteiger partial charge on any atom is 0.373 e. The van der Waals surface area contributed by atoms with E-state index in [0.717, 1.165) is 4.88 Å². The lowest BCUT2D eigenvalue weighted by molar-refractivity contribution is 0.0661. The SMILES string of the molecule is CC(C)c1nc(-c2ccc(Cl)s2)oc1C(=O)O. The Kier molecular flexibility index (Phi) is 3.22. The molecule has 2 rings (SSSR count). The Hall–Kier alpha value is -1.33. The van der Waals surface area contributed by atoms with E-state index in [-0.39, 0.29) is 11.7 Å². The fourth-order valence-corrected chi connectivity index (χ4v) is 2.38. The molecule has 0 aliphatic heterocycles. The first-order valence-electron chi connectivity index (χ1n) is 4.98. The van der Waals surface area contributed by atoms with Crippen LogP contribution in [0.15, 0.2) is 16.5 Å². The van der Waals surface area contributed by atoms with Gasteiger partial charge in [0.15, 0.2) is 0 Å². The molecule has 0 bridgehead atoms. The first-order valence-corrected chi connectivity index (χ1v) is 6.18. The molecular weight excluding hydrogens is 262 g/mol. The molecule has 2 aromatic rings. The Balaban J connectivity index is 2.50. The van der Waals surface area contributed by atoms with Crippen LogP contribution in [0.4, 0.5) is 0 Å². The molecule has 0 radical (unpaired) electrons. The van der Waals surface area contributed by atoms with Gasteiger partial charge in [0.25, 0.3) is 0 Å². The molecule has 0 saturated carbocycles. The smallest absolute Gasteiger partial charge is 0.373 e. The Morgan fingerprint density at radius 1 is 1.53 bits per heavy atom. The number of halogens is 1. The number of aromatic nitrogens is 1. The number of hydrogen-bond acceptors (Lipinski definition) is 4. The lowest BCUT2D eigenvalue weighted by Crippen LogP contribution is -2.01. The van der Waals surface area contributed by atoms with E-state index < -0.39 is 5.97 Å². The number of carboxylic acids is 1. The summed E-state index contributed by atoms with van der Waals surface area (Å²) in [5, 5.41) is 9.02. The van der Waals surface area contributed by atoms with E-state index in [0.29, 0.717) is 15.9 Å². The summed E-state index contributed by atoms with van der Waals surface area (Å²) >= 11 is 7.12. The minimum absolute atomic E-state index is 0.00552. The van der Waals surface area contributed by atoms with Crippen LogP contribution in [0.1, 0.15) is 36.0 Å². The third-order valence-corrected chi connectivity index (χ3v) is 3.40. The third kappa shape index (κ3) is 2.35. The summed E-state index contributed by atoms with van der Waals surface area (Å²) < 4.78 is 5.89. The van der Waals surface area contributed by atoms with Crippen molar-refractivity contribution in [3.63, 3.8) is 0 Å². The lowest BCUT2D eigenvalue weighted by atomic mass is 10.1. The van der Waals surface area contributed by atoms with Crippen molar-refractivity contribution >= 4 is 28.9 Å². The van der Waals surface area contributed by atoms with E-state index in [1.54, 1.807) is 12.1 Å². The second-order valence-electron chi connectivity index (χ2n) is 3.80. The molecular formula is C11H10ClNO3S. The van der Waals surface area contributed by atoms with Crippen LogP contribution in [-0.4, -0.2) is 16.1 Å². The Morgan fingerprint density at radius 2 is 2.24 bits per heavy atom. The van der Waals surface area contributed by atoms with Crippen LogP contribution >= 0.6 is 22.9 Å². The summed E-state index contributed by atoms with van der Waals surface area (Å²) in [5.74, 6) is -0.897. The van der Waals surface area contributed by atoms with Gasteiger partial charge in [-0.05, 0) is 18.1 Å². The standard InChI is InChI=1S/C11H10ClNO3S/c1-5(2)8-9(11(14)15)16-10(13-8)6-3-4-7(12)17-6/h3-5H,1-2H3,(H,14,15). The molecule has 17 heavy (non-hydrogen) atoms. The molecule has 4 nitrogen and oxygen atoms in total. The summed E-state index contributed by atoms with van der Waals surface area (Å²) in [6, 6.07) is 3.48. The van der Waals surface area contributed by atoms with Gasteiger partial charge >= 0.3 is 5.97 Å². The molecule has 0 aromatic carbocycles. The van der Waals surface area contributed by atoms with Crippen LogP contribution in [0.25, 0.3) is 10.8 Å². The van der Waals surface area contributed by atoms with Gasteiger partial charge in [-0.25, -0.2) is 9.78 Å². The van der Waals surface area contributed by atoms with Gasteiger partial charge in [0.2, 0.25) is 11.7 Å². The highest BCUT2D eigenvalue weighted by Crippen LogP contribution is 2.33. The average Bonchev–Trinajstić information content (AvgIpc) is 2.82. The van der Waals surface area contributed by atoms with Gasteiger partial charge in [0.05, 0.1) is 14.9 Å². The van der Waals surface area contributed by atoms with E-state index in [2.05, 4.69) is 4.98 Å². The number of rotatable bonds is 3. The minimum atomic E-state index is -1.10. The highest BCUT2D eigenvalue weighted by atomic mass is 35.5. The fourth-order valence-electron chi connectivity index (χ4n) is 1.41. The number of thiophene rings is 1. The van der Waals surface area contributed by atoms with Crippen molar-refractivity contribution in [2.24, 2.45) is 0 Å². The molecule has 0 amide bonds. The second kappa shape index (κ2) is 4.50. The number of carbonyl (C=O) groups is 1. The van der Waals surface area contributed by atoms with Gasteiger partial charge in [0.1, 0.15) is 0 Å². The van der Waals surface area contributed by atoms with Gasteiger partial charge < -0.3 is 9.52 Å². The number of hydrogen-bond donors (Lipinski definition) is 1. The Morgan fingerprint density at radius 3 is 2.65 bits per heavy atom. The molecule has 2 aromatic heterocycles. The zero-order chi connectivity index (χ0) is 12.6. The fraction of sp³-hybridized carbons (Fsp3) is 0.273. The molecule has 1 N–H and O–H groups in total. The number of carboxylic acid groups (broad SMARTS) is 1. The van der Waals surface area contributed by atoms with Crippen molar-refractivity contribution in [3.05, 3.63) is 27.9 Å². The molecule has 0 aliphatic carbocycles. The predicted molar refractivity (Wildman–Crippen MR) is 65.9 cm³/mol. The molecule has 90 valence electrons. The van der Waals surface area contributed by atoms with Gasteiger partial charge in [-0.2, -0.15) is 0 Å². The predicted octanol–water partition coefficient (Wildman–Crippen LogP) is 3.88. The summed E-state index contributed by atoms with van der Waals surface area (Å²) in [7, 11) is 0. The summed E-state index contributed by atoms with van der Waals surface area (Å²) in [5.41, 5.74) is 0.456. The van der Waals surface area contributed by atoms with Crippen molar-refractivity contribution < 1.29 is 14.3 Å². The third-order valence-electron chi connectivity index (χ3n) is 2.18. The minimum Gasteiger partial charge on any atom is -0.475 e. The van der Waals surface area contributed by atoms with Crippen molar-refractivity contribution in [2.45, 2.75) is 19.8 Å². The Bertz CT molecular complexity index is 559. The average molecular weight is 272 g/mol. The van der Waals surface area contributed by atoms with E-state index in [9.17, 15) is 4.79 Å². The molecule has 2 heterocycles. The van der Waals surface area contributed by atoms with Gasteiger partial charge in [-0.15, -0.1) is 11.3 Å².